The van der Waals surface area contributed by atoms with Crippen molar-refractivity contribution in [3.8, 4) is 0 Å². The Morgan fingerprint density at radius 2 is 1.91 bits per heavy atom. The van der Waals surface area contributed by atoms with Crippen LogP contribution in [-0.4, -0.2) is 17.1 Å². The van der Waals surface area contributed by atoms with E-state index in [1.807, 2.05) is 22.9 Å². The summed E-state index contributed by atoms with van der Waals surface area (Å²) in [5.74, 6) is -0.963. The summed E-state index contributed by atoms with van der Waals surface area (Å²) in [6.45, 7) is 1.42. The summed E-state index contributed by atoms with van der Waals surface area (Å²) in [5.41, 5.74) is 4.84. The zero-order chi connectivity index (χ0) is 8.69. The molecule has 3 nitrogen and oxygen atoms in total. The van der Waals surface area contributed by atoms with Crippen LogP contribution in [0.4, 0.5) is 0 Å². The highest BCUT2D eigenvalue weighted by Crippen LogP contribution is 1.91. The Labute approximate surface area is 69.5 Å². The molecule has 1 heterocycles. The summed E-state index contributed by atoms with van der Waals surface area (Å²) >= 11 is 1.71. The molecule has 0 aliphatic rings. The summed E-state index contributed by atoms with van der Waals surface area (Å²) in [5, 5.41) is 11.9. The van der Waals surface area contributed by atoms with Crippen LogP contribution < -0.4 is 5.73 Å². The Bertz CT molecular complexity index is 167. The van der Waals surface area contributed by atoms with Crippen LogP contribution in [-0.2, 0) is 4.79 Å². The topological polar surface area (TPSA) is 63.3 Å². The lowest BCUT2D eigenvalue weighted by Crippen LogP contribution is -2.25. The molecule has 0 saturated heterocycles. The fraction of sp³-hybridized carbons (Fsp3) is 0.286. The number of nitrogens with two attached hydrogens (primary N) is 1. The average molecular weight is 173 g/mol. The second-order valence-electron chi connectivity index (χ2n) is 1.92. The quantitative estimate of drug-likeness (QED) is 0.670. The maximum absolute atomic E-state index is 9.57. The minimum atomic E-state index is -0.963. The average Bonchev–Trinajstić information content (AvgIpc) is 2.41. The number of hydrogen-bond donors (Lipinski definition) is 2. The lowest BCUT2D eigenvalue weighted by molar-refractivity contribution is -0.138. The molecule has 1 atom stereocenters. The molecule has 0 saturated carbocycles. The summed E-state index contributed by atoms with van der Waals surface area (Å²) in [7, 11) is 0. The van der Waals surface area contributed by atoms with Gasteiger partial charge in [-0.3, -0.25) is 4.79 Å². The molecule has 11 heavy (non-hydrogen) atoms. The van der Waals surface area contributed by atoms with Crippen LogP contribution in [0.3, 0.4) is 0 Å². The molecule has 0 radical (unpaired) electrons. The highest BCUT2D eigenvalue weighted by atomic mass is 32.1. The molecule has 0 amide bonds. The van der Waals surface area contributed by atoms with Crippen LogP contribution in [0.2, 0.25) is 0 Å². The highest BCUT2D eigenvalue weighted by molar-refractivity contribution is 7.07. The van der Waals surface area contributed by atoms with Crippen molar-refractivity contribution >= 4 is 17.3 Å². The number of rotatable bonds is 1. The van der Waals surface area contributed by atoms with Crippen LogP contribution in [0.15, 0.2) is 22.9 Å². The molecular formula is C7H11NO2S. The zero-order valence-electron chi connectivity index (χ0n) is 6.23. The van der Waals surface area contributed by atoms with Crippen molar-refractivity contribution in [3.63, 3.8) is 0 Å². The Morgan fingerprint density at radius 3 is 2.00 bits per heavy atom. The van der Waals surface area contributed by atoms with Gasteiger partial charge in [0.05, 0.1) is 0 Å². The fourth-order valence-corrected chi connectivity index (χ4v) is 0.680. The number of hydrogen-bond acceptors (Lipinski definition) is 3. The maximum atomic E-state index is 9.57. The summed E-state index contributed by atoms with van der Waals surface area (Å²) in [4.78, 5) is 9.57. The van der Waals surface area contributed by atoms with E-state index in [9.17, 15) is 4.79 Å². The van der Waals surface area contributed by atoms with Crippen molar-refractivity contribution in [1.29, 1.82) is 0 Å². The lowest BCUT2D eigenvalue weighted by Gasteiger charge is -1.90. The number of carboxylic acid groups (broad SMARTS) is 1. The lowest BCUT2D eigenvalue weighted by atomic mass is 10.4. The summed E-state index contributed by atoms with van der Waals surface area (Å²) < 4.78 is 0. The second-order valence-corrected chi connectivity index (χ2v) is 2.74. The van der Waals surface area contributed by atoms with Gasteiger partial charge in [-0.05, 0) is 17.7 Å². The van der Waals surface area contributed by atoms with Crippen molar-refractivity contribution < 1.29 is 9.90 Å². The molecule has 1 rings (SSSR count). The van der Waals surface area contributed by atoms with E-state index in [-0.39, 0.29) is 0 Å². The minimum absolute atomic E-state index is 0.731. The third-order valence-electron chi connectivity index (χ3n) is 0.815. The molecule has 3 N–H and O–H groups in total. The van der Waals surface area contributed by atoms with Crippen molar-refractivity contribution in [2.24, 2.45) is 5.73 Å². The van der Waals surface area contributed by atoms with Gasteiger partial charge in [0.25, 0.3) is 0 Å². The number of carboxylic acids is 1. The molecule has 62 valence electrons. The van der Waals surface area contributed by atoms with E-state index < -0.39 is 12.0 Å². The Kier molecular flexibility index (Phi) is 5.42. The minimum Gasteiger partial charge on any atom is -0.480 e. The van der Waals surface area contributed by atoms with E-state index in [4.69, 9.17) is 10.8 Å². The van der Waals surface area contributed by atoms with Gasteiger partial charge in [-0.2, -0.15) is 11.3 Å². The van der Waals surface area contributed by atoms with Gasteiger partial charge in [-0.15, -0.1) is 0 Å². The van der Waals surface area contributed by atoms with E-state index in [1.165, 1.54) is 6.92 Å². The first-order valence-electron chi connectivity index (χ1n) is 3.10. The van der Waals surface area contributed by atoms with E-state index in [1.54, 1.807) is 11.3 Å². The number of aliphatic carboxylic acids is 1. The summed E-state index contributed by atoms with van der Waals surface area (Å²) in [6.07, 6.45) is 0. The van der Waals surface area contributed by atoms with E-state index in [2.05, 4.69) is 0 Å². The largest absolute Gasteiger partial charge is 0.480 e. The molecule has 0 spiro atoms. The van der Waals surface area contributed by atoms with Gasteiger partial charge >= 0.3 is 5.97 Å². The highest BCUT2D eigenvalue weighted by Gasteiger charge is 1.99. The molecule has 0 aromatic carbocycles. The van der Waals surface area contributed by atoms with Gasteiger partial charge in [0.15, 0.2) is 0 Å². The van der Waals surface area contributed by atoms with Crippen molar-refractivity contribution in [1.82, 2.24) is 0 Å². The Balaban J connectivity index is 0.000000183. The molecule has 4 heteroatoms. The second kappa shape index (κ2) is 5.88. The zero-order valence-corrected chi connectivity index (χ0v) is 7.04. The molecule has 0 fully saturated rings. The molecule has 0 unspecified atom stereocenters. The van der Waals surface area contributed by atoms with Gasteiger partial charge in [0, 0.05) is 0 Å². The van der Waals surface area contributed by atoms with Crippen LogP contribution in [0, 0.1) is 0 Å². The third kappa shape index (κ3) is 7.02. The predicted molar refractivity (Wildman–Crippen MR) is 45.6 cm³/mol. The molecule has 0 bridgehead atoms. The van der Waals surface area contributed by atoms with E-state index >= 15 is 0 Å². The molecule has 1 aromatic rings. The SMILES string of the molecule is C[C@H](N)C(=O)O.c1ccsc1. The molecule has 1 aromatic heterocycles. The first-order chi connectivity index (χ1) is 5.14. The first kappa shape index (κ1) is 10.1. The van der Waals surface area contributed by atoms with Gasteiger partial charge in [0.1, 0.15) is 6.04 Å². The Hall–Kier alpha value is -0.870. The normalized spacial score (nSPS) is 11.1. The summed E-state index contributed by atoms with van der Waals surface area (Å²) in [6, 6.07) is 3.31. The van der Waals surface area contributed by atoms with E-state index in [0.717, 1.165) is 0 Å². The third-order valence-corrected chi connectivity index (χ3v) is 1.44. The van der Waals surface area contributed by atoms with Gasteiger partial charge in [-0.25, -0.2) is 0 Å². The van der Waals surface area contributed by atoms with Crippen molar-refractivity contribution in [3.05, 3.63) is 22.9 Å². The van der Waals surface area contributed by atoms with Gasteiger partial charge in [-0.1, -0.05) is 12.1 Å². The molecule has 0 aliphatic carbocycles. The maximum Gasteiger partial charge on any atom is 0.320 e. The number of carbonyl (C=O) groups is 1. The molecular weight excluding hydrogens is 162 g/mol. The van der Waals surface area contributed by atoms with Crippen molar-refractivity contribution in [2.45, 2.75) is 13.0 Å². The van der Waals surface area contributed by atoms with Crippen LogP contribution in [0.5, 0.6) is 0 Å². The van der Waals surface area contributed by atoms with Crippen LogP contribution in [0.25, 0.3) is 0 Å². The predicted octanol–water partition coefficient (Wildman–Crippen LogP) is 1.17. The molecule has 0 aliphatic heterocycles. The standard InChI is InChI=1S/C4H4S.C3H7NO2/c1-2-4-5-3-1;1-2(4)3(5)6/h1-4H;2H,4H2,1H3,(H,5,6)/t;2-/m.0/s1. The fourth-order valence-electron chi connectivity index (χ4n) is 0.227. The van der Waals surface area contributed by atoms with Gasteiger partial charge in [0.2, 0.25) is 0 Å². The van der Waals surface area contributed by atoms with Crippen molar-refractivity contribution in [2.75, 3.05) is 0 Å². The van der Waals surface area contributed by atoms with Crippen LogP contribution in [0.1, 0.15) is 6.92 Å². The monoisotopic (exact) mass is 173 g/mol. The van der Waals surface area contributed by atoms with Crippen LogP contribution >= 0.6 is 11.3 Å². The Morgan fingerprint density at radius 1 is 1.55 bits per heavy atom. The number of thiophene rings is 1. The smallest absolute Gasteiger partial charge is 0.320 e. The van der Waals surface area contributed by atoms with Gasteiger partial charge < -0.3 is 10.8 Å². The first-order valence-corrected chi connectivity index (χ1v) is 4.04. The van der Waals surface area contributed by atoms with E-state index in [0.29, 0.717) is 0 Å².